The number of rotatable bonds is 5. The molecule has 0 saturated heterocycles. The Kier molecular flexibility index (Phi) is 4.94. The number of fused-ring (bicyclic) bond motifs is 1. The lowest BCUT2D eigenvalue weighted by molar-refractivity contribution is 0.0816. The van der Waals surface area contributed by atoms with E-state index in [2.05, 4.69) is 37.4 Å². The normalized spacial score (nSPS) is 13.4. The summed E-state index contributed by atoms with van der Waals surface area (Å²) in [6.45, 7) is 4.96. The fourth-order valence-corrected chi connectivity index (χ4v) is 3.42. The highest BCUT2D eigenvalue weighted by molar-refractivity contribution is 6.06. The van der Waals surface area contributed by atoms with Gasteiger partial charge in [-0.3, -0.25) is 4.79 Å². The maximum absolute atomic E-state index is 12.4. The number of hydrogen-bond acceptors (Lipinski definition) is 3. The monoisotopic (exact) mass is 347 g/mol. The molecule has 1 aliphatic heterocycles. The Morgan fingerprint density at radius 2 is 1.92 bits per heavy atom. The molecular weight excluding hydrogens is 322 g/mol. The second-order valence-electron chi connectivity index (χ2n) is 6.88. The molecule has 0 atom stereocenters. The van der Waals surface area contributed by atoms with Crippen molar-refractivity contribution in [3.8, 4) is 0 Å². The molecule has 134 valence electrons. The van der Waals surface area contributed by atoms with Crippen molar-refractivity contribution in [1.82, 2.24) is 10.2 Å². The average molecular weight is 347 g/mol. The topological polar surface area (TPSA) is 56.2 Å². The van der Waals surface area contributed by atoms with Crippen molar-refractivity contribution in [2.45, 2.75) is 26.8 Å². The number of nitrogens with zero attached hydrogens (tertiary/aromatic N) is 1. The number of allylic oxidation sites excluding steroid dienone is 1. The zero-order chi connectivity index (χ0) is 18.8. The minimum atomic E-state index is 0.115. The Bertz CT molecular complexity index is 895. The van der Waals surface area contributed by atoms with E-state index in [9.17, 15) is 4.79 Å². The summed E-state index contributed by atoms with van der Waals surface area (Å²) in [7, 11) is 3.67. The molecule has 1 amide bonds. The molecule has 0 bridgehead atoms. The van der Waals surface area contributed by atoms with Gasteiger partial charge in [-0.25, -0.2) is 0 Å². The van der Waals surface area contributed by atoms with Crippen LogP contribution in [0.15, 0.2) is 42.6 Å². The molecule has 0 spiro atoms. The van der Waals surface area contributed by atoms with E-state index in [0.29, 0.717) is 12.3 Å². The highest BCUT2D eigenvalue weighted by atomic mass is 16.2. The van der Waals surface area contributed by atoms with Crippen LogP contribution < -0.4 is 5.32 Å². The number of carbonyl (C=O) groups is 1. The summed E-state index contributed by atoms with van der Waals surface area (Å²) in [6.07, 6.45) is 4.28. The zero-order valence-corrected chi connectivity index (χ0v) is 15.8. The fourth-order valence-electron chi connectivity index (χ4n) is 3.42. The third-order valence-corrected chi connectivity index (χ3v) is 5.19. The maximum Gasteiger partial charge on any atom is 0.254 e. The van der Waals surface area contributed by atoms with Gasteiger partial charge in [0.25, 0.3) is 5.91 Å². The molecule has 0 fully saturated rings. The van der Waals surface area contributed by atoms with Crippen molar-refractivity contribution in [2.24, 2.45) is 0 Å². The van der Waals surface area contributed by atoms with Gasteiger partial charge >= 0.3 is 0 Å². The molecule has 3 rings (SSSR count). The number of hydrogen-bond donors (Lipinski definition) is 2. The molecule has 2 aromatic rings. The molecule has 1 aliphatic rings. The highest BCUT2D eigenvalue weighted by Crippen LogP contribution is 2.30. The average Bonchev–Trinajstić information content (AvgIpc) is 2.93. The van der Waals surface area contributed by atoms with Crippen LogP contribution in [-0.2, 0) is 13.0 Å². The summed E-state index contributed by atoms with van der Waals surface area (Å²) in [6, 6.07) is 10.1. The number of benzene rings is 2. The van der Waals surface area contributed by atoms with Gasteiger partial charge in [-0.1, -0.05) is 24.3 Å². The lowest BCUT2D eigenvalue weighted by Gasteiger charge is -2.13. The Hall–Kier alpha value is -2.88. The first-order chi connectivity index (χ1) is 12.4. The van der Waals surface area contributed by atoms with Crippen molar-refractivity contribution in [1.29, 1.82) is 5.41 Å². The van der Waals surface area contributed by atoms with Gasteiger partial charge in [-0.2, -0.15) is 0 Å². The van der Waals surface area contributed by atoms with E-state index in [0.717, 1.165) is 17.5 Å². The quantitative estimate of drug-likeness (QED) is 0.812. The van der Waals surface area contributed by atoms with Crippen LogP contribution in [0.25, 0.3) is 0 Å². The zero-order valence-electron chi connectivity index (χ0n) is 15.8. The van der Waals surface area contributed by atoms with Crippen LogP contribution in [0.2, 0.25) is 0 Å². The first kappa shape index (κ1) is 17.9. The predicted molar refractivity (Wildman–Crippen MR) is 106 cm³/mol. The van der Waals surface area contributed by atoms with Gasteiger partial charge in [0, 0.05) is 26.2 Å². The van der Waals surface area contributed by atoms with Crippen molar-refractivity contribution in [2.75, 3.05) is 14.1 Å². The molecule has 4 nitrogen and oxygen atoms in total. The SMILES string of the molecule is CN/C=C\C(=N)c1ccc(Cc2cc3c(c(C)c2C)CN(C)C3=O)cc1. The van der Waals surface area contributed by atoms with E-state index in [1.54, 1.807) is 17.2 Å². The largest absolute Gasteiger partial charge is 0.394 e. The highest BCUT2D eigenvalue weighted by Gasteiger charge is 2.27. The van der Waals surface area contributed by atoms with Gasteiger partial charge in [0.15, 0.2) is 0 Å². The van der Waals surface area contributed by atoms with Crippen molar-refractivity contribution >= 4 is 11.6 Å². The van der Waals surface area contributed by atoms with Gasteiger partial charge < -0.3 is 15.6 Å². The molecule has 26 heavy (non-hydrogen) atoms. The van der Waals surface area contributed by atoms with E-state index in [4.69, 9.17) is 5.41 Å². The second-order valence-corrected chi connectivity index (χ2v) is 6.88. The number of amides is 1. The van der Waals surface area contributed by atoms with Crippen LogP contribution in [0.1, 0.15) is 43.7 Å². The molecule has 0 saturated carbocycles. The molecule has 2 N–H and O–H groups in total. The first-order valence-electron chi connectivity index (χ1n) is 8.81. The second kappa shape index (κ2) is 7.16. The lowest BCUT2D eigenvalue weighted by Crippen LogP contribution is -2.17. The summed E-state index contributed by atoms with van der Waals surface area (Å²) < 4.78 is 0. The molecule has 0 radical (unpaired) electrons. The van der Waals surface area contributed by atoms with E-state index < -0.39 is 0 Å². The van der Waals surface area contributed by atoms with Gasteiger partial charge in [-0.15, -0.1) is 0 Å². The van der Waals surface area contributed by atoms with Crippen LogP contribution in [0.4, 0.5) is 0 Å². The number of nitrogens with one attached hydrogen (secondary N) is 2. The molecule has 2 aromatic carbocycles. The Morgan fingerprint density at radius 3 is 2.58 bits per heavy atom. The van der Waals surface area contributed by atoms with Crippen LogP contribution >= 0.6 is 0 Å². The van der Waals surface area contributed by atoms with E-state index in [1.807, 2.05) is 26.2 Å². The molecule has 4 heteroatoms. The van der Waals surface area contributed by atoms with Crippen LogP contribution in [-0.4, -0.2) is 30.6 Å². The van der Waals surface area contributed by atoms with Gasteiger partial charge in [0.2, 0.25) is 0 Å². The maximum atomic E-state index is 12.4. The van der Waals surface area contributed by atoms with Crippen LogP contribution in [0.5, 0.6) is 0 Å². The van der Waals surface area contributed by atoms with E-state index in [1.165, 1.54) is 27.8 Å². The summed E-state index contributed by atoms with van der Waals surface area (Å²) in [5.74, 6) is 0.115. The molecular formula is C22H25N3O. The third-order valence-electron chi connectivity index (χ3n) is 5.19. The number of carbonyl (C=O) groups excluding carboxylic acids is 1. The Morgan fingerprint density at radius 1 is 1.23 bits per heavy atom. The van der Waals surface area contributed by atoms with Crippen molar-refractivity contribution in [3.63, 3.8) is 0 Å². The van der Waals surface area contributed by atoms with E-state index >= 15 is 0 Å². The van der Waals surface area contributed by atoms with Crippen molar-refractivity contribution in [3.05, 3.63) is 81.6 Å². The minimum absolute atomic E-state index is 0.115. The molecule has 0 aliphatic carbocycles. The first-order valence-corrected chi connectivity index (χ1v) is 8.81. The molecule has 0 aromatic heterocycles. The smallest absolute Gasteiger partial charge is 0.254 e. The Balaban J connectivity index is 1.86. The van der Waals surface area contributed by atoms with Crippen molar-refractivity contribution < 1.29 is 4.79 Å². The Labute approximate surface area is 155 Å². The molecule has 1 heterocycles. The predicted octanol–water partition coefficient (Wildman–Crippen LogP) is 3.58. The summed E-state index contributed by atoms with van der Waals surface area (Å²) in [4.78, 5) is 14.1. The van der Waals surface area contributed by atoms with Gasteiger partial charge in [0.05, 0.1) is 5.71 Å². The van der Waals surface area contributed by atoms with E-state index in [-0.39, 0.29) is 5.91 Å². The summed E-state index contributed by atoms with van der Waals surface area (Å²) in [5.41, 5.74) is 8.25. The van der Waals surface area contributed by atoms with Crippen LogP contribution in [0.3, 0.4) is 0 Å². The fraction of sp³-hybridized carbons (Fsp3) is 0.273. The van der Waals surface area contributed by atoms with Gasteiger partial charge in [-0.05, 0) is 72.0 Å². The molecule has 0 unspecified atom stereocenters. The lowest BCUT2D eigenvalue weighted by atomic mass is 9.91. The van der Waals surface area contributed by atoms with Crippen LogP contribution in [0, 0.1) is 19.3 Å². The minimum Gasteiger partial charge on any atom is -0.394 e. The van der Waals surface area contributed by atoms with Gasteiger partial charge in [0.1, 0.15) is 0 Å². The standard InChI is InChI=1S/C22H25N3O/c1-14-15(2)20-13-25(4)22(26)19(20)12-18(14)11-16-5-7-17(8-6-16)21(23)9-10-24-3/h5-10,12,23-24H,11,13H2,1-4H3/b10-9-,23-21?. The third kappa shape index (κ3) is 3.27. The summed E-state index contributed by atoms with van der Waals surface area (Å²) >= 11 is 0. The summed E-state index contributed by atoms with van der Waals surface area (Å²) in [5, 5.41) is 10.9.